The Morgan fingerprint density at radius 3 is 2.42 bits per heavy atom. The van der Waals surface area contributed by atoms with Crippen LogP contribution in [0.1, 0.15) is 38.5 Å². The molecule has 0 aromatic carbocycles. The summed E-state index contributed by atoms with van der Waals surface area (Å²) < 4.78 is 0. The van der Waals surface area contributed by atoms with Gasteiger partial charge in [-0.1, -0.05) is 12.8 Å². The SMILES string of the molecule is Cl.OC1CCCNC12CCCC2. The number of aliphatic hydroxyl groups excluding tert-OH is 1. The van der Waals surface area contributed by atoms with E-state index in [2.05, 4.69) is 5.32 Å². The van der Waals surface area contributed by atoms with Gasteiger partial charge in [0.05, 0.1) is 6.10 Å². The van der Waals surface area contributed by atoms with Gasteiger partial charge in [0.1, 0.15) is 0 Å². The van der Waals surface area contributed by atoms with E-state index in [1.54, 1.807) is 0 Å². The minimum Gasteiger partial charge on any atom is -0.391 e. The van der Waals surface area contributed by atoms with Crippen molar-refractivity contribution in [3.63, 3.8) is 0 Å². The van der Waals surface area contributed by atoms with Gasteiger partial charge in [-0.3, -0.25) is 0 Å². The number of halogens is 1. The van der Waals surface area contributed by atoms with Crippen molar-refractivity contribution >= 4 is 12.4 Å². The van der Waals surface area contributed by atoms with Gasteiger partial charge < -0.3 is 10.4 Å². The second-order valence-corrected chi connectivity index (χ2v) is 3.95. The predicted octanol–water partition coefficient (Wildman–Crippen LogP) is 1.47. The zero-order valence-corrected chi connectivity index (χ0v) is 8.20. The maximum atomic E-state index is 9.80. The van der Waals surface area contributed by atoms with Gasteiger partial charge in [-0.25, -0.2) is 0 Å². The molecule has 12 heavy (non-hydrogen) atoms. The first-order valence-electron chi connectivity index (χ1n) is 4.77. The quantitative estimate of drug-likeness (QED) is 0.608. The zero-order chi connectivity index (χ0) is 7.73. The molecule has 2 N–H and O–H groups in total. The lowest BCUT2D eigenvalue weighted by Crippen LogP contribution is -2.55. The van der Waals surface area contributed by atoms with Crippen LogP contribution in [-0.4, -0.2) is 23.3 Å². The van der Waals surface area contributed by atoms with E-state index in [-0.39, 0.29) is 24.0 Å². The Hall–Kier alpha value is 0.210. The Morgan fingerprint density at radius 2 is 1.83 bits per heavy atom. The highest BCUT2D eigenvalue weighted by Crippen LogP contribution is 2.35. The Balaban J connectivity index is 0.000000720. The monoisotopic (exact) mass is 191 g/mol. The largest absolute Gasteiger partial charge is 0.391 e. The van der Waals surface area contributed by atoms with Crippen LogP contribution in [0, 0.1) is 0 Å². The second kappa shape index (κ2) is 3.95. The van der Waals surface area contributed by atoms with Crippen molar-refractivity contribution in [2.75, 3.05) is 6.54 Å². The topological polar surface area (TPSA) is 32.3 Å². The lowest BCUT2D eigenvalue weighted by Gasteiger charge is -2.39. The molecule has 0 aromatic heterocycles. The van der Waals surface area contributed by atoms with E-state index in [4.69, 9.17) is 0 Å². The van der Waals surface area contributed by atoms with E-state index in [0.29, 0.717) is 0 Å². The van der Waals surface area contributed by atoms with E-state index in [0.717, 1.165) is 19.4 Å². The van der Waals surface area contributed by atoms with Gasteiger partial charge in [0, 0.05) is 5.54 Å². The van der Waals surface area contributed by atoms with Crippen LogP contribution in [0.3, 0.4) is 0 Å². The number of nitrogens with one attached hydrogen (secondary N) is 1. The Kier molecular flexibility index (Phi) is 3.38. The summed E-state index contributed by atoms with van der Waals surface area (Å²) in [5.74, 6) is 0. The molecule has 1 heterocycles. The van der Waals surface area contributed by atoms with Crippen molar-refractivity contribution in [1.29, 1.82) is 0 Å². The van der Waals surface area contributed by atoms with E-state index in [1.807, 2.05) is 0 Å². The molecule has 3 heteroatoms. The van der Waals surface area contributed by atoms with E-state index < -0.39 is 0 Å². The summed E-state index contributed by atoms with van der Waals surface area (Å²) in [6.45, 7) is 1.11. The van der Waals surface area contributed by atoms with Gasteiger partial charge in [-0.05, 0) is 32.2 Å². The molecule has 72 valence electrons. The fraction of sp³-hybridized carbons (Fsp3) is 1.00. The molecule has 1 spiro atoms. The second-order valence-electron chi connectivity index (χ2n) is 3.95. The molecule has 0 radical (unpaired) electrons. The minimum absolute atomic E-state index is 0. The molecule has 0 amide bonds. The Bertz CT molecular complexity index is 145. The fourth-order valence-electron chi connectivity index (χ4n) is 2.54. The zero-order valence-electron chi connectivity index (χ0n) is 7.38. The van der Waals surface area contributed by atoms with E-state index >= 15 is 0 Å². The first-order chi connectivity index (χ1) is 5.33. The van der Waals surface area contributed by atoms with Crippen molar-refractivity contribution in [3.8, 4) is 0 Å². The van der Waals surface area contributed by atoms with Gasteiger partial charge >= 0.3 is 0 Å². The number of piperidine rings is 1. The highest BCUT2D eigenvalue weighted by molar-refractivity contribution is 5.85. The first-order valence-corrected chi connectivity index (χ1v) is 4.77. The number of rotatable bonds is 0. The van der Waals surface area contributed by atoms with Crippen LogP contribution in [0.25, 0.3) is 0 Å². The normalized spacial score (nSPS) is 33.2. The molecule has 2 rings (SSSR count). The average Bonchev–Trinajstić information content (AvgIpc) is 2.46. The van der Waals surface area contributed by atoms with Crippen LogP contribution < -0.4 is 5.32 Å². The third kappa shape index (κ3) is 1.61. The van der Waals surface area contributed by atoms with Gasteiger partial charge in [0.25, 0.3) is 0 Å². The molecule has 2 nitrogen and oxygen atoms in total. The minimum atomic E-state index is -0.0706. The lowest BCUT2D eigenvalue weighted by atomic mass is 9.84. The molecule has 2 fully saturated rings. The van der Waals surface area contributed by atoms with Crippen LogP contribution in [0.15, 0.2) is 0 Å². The predicted molar refractivity (Wildman–Crippen MR) is 51.7 cm³/mol. The summed E-state index contributed by atoms with van der Waals surface area (Å²) in [6.07, 6.45) is 7.05. The maximum Gasteiger partial charge on any atom is 0.0722 e. The Labute approximate surface area is 80.1 Å². The molecule has 1 atom stereocenters. The molecule has 1 aliphatic heterocycles. The van der Waals surface area contributed by atoms with Crippen LogP contribution in [-0.2, 0) is 0 Å². The van der Waals surface area contributed by atoms with Crippen molar-refractivity contribution in [2.24, 2.45) is 0 Å². The van der Waals surface area contributed by atoms with Crippen molar-refractivity contribution in [2.45, 2.75) is 50.2 Å². The van der Waals surface area contributed by atoms with Gasteiger partial charge in [0.15, 0.2) is 0 Å². The Morgan fingerprint density at radius 1 is 1.17 bits per heavy atom. The molecule has 2 aliphatic rings. The highest BCUT2D eigenvalue weighted by atomic mass is 35.5. The summed E-state index contributed by atoms with van der Waals surface area (Å²) in [5, 5.41) is 13.3. The standard InChI is InChI=1S/C9H17NO.ClH/c11-8-4-3-7-10-9(8)5-1-2-6-9;/h8,10-11H,1-7H2;1H. The van der Waals surface area contributed by atoms with Crippen LogP contribution in [0.2, 0.25) is 0 Å². The van der Waals surface area contributed by atoms with Gasteiger partial charge in [0.2, 0.25) is 0 Å². The third-order valence-corrected chi connectivity index (χ3v) is 3.27. The summed E-state index contributed by atoms with van der Waals surface area (Å²) in [5.41, 5.74) is 0.137. The van der Waals surface area contributed by atoms with Crippen LogP contribution in [0.4, 0.5) is 0 Å². The van der Waals surface area contributed by atoms with E-state index in [9.17, 15) is 5.11 Å². The number of hydrogen-bond acceptors (Lipinski definition) is 2. The van der Waals surface area contributed by atoms with Crippen LogP contribution in [0.5, 0.6) is 0 Å². The molecule has 1 aliphatic carbocycles. The van der Waals surface area contributed by atoms with E-state index in [1.165, 1.54) is 25.7 Å². The van der Waals surface area contributed by atoms with Crippen molar-refractivity contribution in [3.05, 3.63) is 0 Å². The van der Waals surface area contributed by atoms with Crippen LogP contribution >= 0.6 is 12.4 Å². The summed E-state index contributed by atoms with van der Waals surface area (Å²) in [7, 11) is 0. The van der Waals surface area contributed by atoms with Crippen molar-refractivity contribution < 1.29 is 5.11 Å². The van der Waals surface area contributed by atoms with Crippen molar-refractivity contribution in [1.82, 2.24) is 5.32 Å². The molecule has 1 unspecified atom stereocenters. The smallest absolute Gasteiger partial charge is 0.0722 e. The summed E-state index contributed by atoms with van der Waals surface area (Å²) in [4.78, 5) is 0. The number of aliphatic hydroxyl groups is 1. The average molecular weight is 192 g/mol. The maximum absolute atomic E-state index is 9.80. The molecular weight excluding hydrogens is 174 g/mol. The van der Waals surface area contributed by atoms with Gasteiger partial charge in [-0.15, -0.1) is 12.4 Å². The first kappa shape index (κ1) is 10.3. The molecule has 1 saturated heterocycles. The summed E-state index contributed by atoms with van der Waals surface area (Å²) in [6, 6.07) is 0. The summed E-state index contributed by atoms with van der Waals surface area (Å²) >= 11 is 0. The molecular formula is C9H18ClNO. The lowest BCUT2D eigenvalue weighted by molar-refractivity contribution is 0.0336. The number of hydrogen-bond donors (Lipinski definition) is 2. The molecule has 0 aromatic rings. The highest BCUT2D eigenvalue weighted by Gasteiger charge is 2.41. The third-order valence-electron chi connectivity index (χ3n) is 3.27. The van der Waals surface area contributed by atoms with Gasteiger partial charge in [-0.2, -0.15) is 0 Å². The molecule has 0 bridgehead atoms. The fourth-order valence-corrected chi connectivity index (χ4v) is 2.54. The molecule has 1 saturated carbocycles.